The Balaban J connectivity index is 1.82. The number of aryl methyl sites for hydroxylation is 1. The third-order valence-corrected chi connectivity index (χ3v) is 4.88. The Kier molecular flexibility index (Phi) is 5.80. The molecule has 0 aliphatic carbocycles. The summed E-state index contributed by atoms with van der Waals surface area (Å²) in [6, 6.07) is 7.10. The molecule has 2 aromatic heterocycles. The molecule has 0 aliphatic rings. The van der Waals surface area contributed by atoms with Gasteiger partial charge in [0.1, 0.15) is 0 Å². The predicted molar refractivity (Wildman–Crippen MR) is 86.1 cm³/mol. The van der Waals surface area contributed by atoms with Crippen molar-refractivity contribution in [2.24, 2.45) is 0 Å². The fourth-order valence-electron chi connectivity index (χ4n) is 2.36. The maximum atomic E-state index is 4.66. The predicted octanol–water partition coefficient (Wildman–Crippen LogP) is 4.16. The molecule has 0 saturated carbocycles. The number of rotatable bonds is 8. The summed E-state index contributed by atoms with van der Waals surface area (Å²) in [7, 11) is 0. The van der Waals surface area contributed by atoms with Gasteiger partial charge in [0, 0.05) is 29.0 Å². The molecule has 1 N–H and O–H groups in total. The molecule has 20 heavy (non-hydrogen) atoms. The maximum absolute atomic E-state index is 4.66. The largest absolute Gasteiger partial charge is 0.306 e. The second-order valence-electron chi connectivity index (χ2n) is 5.08. The Morgan fingerprint density at radius 1 is 1.10 bits per heavy atom. The van der Waals surface area contributed by atoms with Crippen LogP contribution in [0.25, 0.3) is 0 Å². The van der Waals surface area contributed by atoms with Gasteiger partial charge in [-0.2, -0.15) is 5.10 Å². The topological polar surface area (TPSA) is 29.9 Å². The van der Waals surface area contributed by atoms with Crippen molar-refractivity contribution in [2.75, 3.05) is 0 Å². The summed E-state index contributed by atoms with van der Waals surface area (Å²) in [5.41, 5.74) is 1.13. The van der Waals surface area contributed by atoms with Gasteiger partial charge >= 0.3 is 0 Å². The van der Waals surface area contributed by atoms with Crippen molar-refractivity contribution in [3.05, 3.63) is 39.8 Å². The molecule has 0 saturated heterocycles. The van der Waals surface area contributed by atoms with Gasteiger partial charge in [-0.15, -0.1) is 11.3 Å². The molecule has 0 unspecified atom stereocenters. The zero-order valence-electron chi connectivity index (χ0n) is 12.7. The molecular formula is C16H25N3S. The molecule has 0 aromatic carbocycles. The second-order valence-corrected chi connectivity index (χ2v) is 6.34. The average molecular weight is 291 g/mol. The first kappa shape index (κ1) is 15.3. The molecule has 2 rings (SSSR count). The van der Waals surface area contributed by atoms with Crippen molar-refractivity contribution in [3.8, 4) is 0 Å². The number of hydrogen-bond acceptors (Lipinski definition) is 3. The summed E-state index contributed by atoms with van der Waals surface area (Å²) in [6.45, 7) is 8.41. The Morgan fingerprint density at radius 2 is 1.85 bits per heavy atom. The van der Waals surface area contributed by atoms with Crippen molar-refractivity contribution in [3.63, 3.8) is 0 Å². The standard InChI is InChI=1S/C16H25N3S/c1-4-14(5-2)19-10-9-13(18-19)11-17-12-16-8-7-15(6-3)20-16/h7-10,14,17H,4-6,11-12H2,1-3H3. The minimum Gasteiger partial charge on any atom is -0.306 e. The van der Waals surface area contributed by atoms with Crippen LogP contribution in [0.2, 0.25) is 0 Å². The molecule has 2 aromatic rings. The highest BCUT2D eigenvalue weighted by Crippen LogP contribution is 2.17. The van der Waals surface area contributed by atoms with Crippen LogP contribution in [0.15, 0.2) is 24.4 Å². The lowest BCUT2D eigenvalue weighted by molar-refractivity contribution is 0.424. The van der Waals surface area contributed by atoms with Crippen molar-refractivity contribution in [1.82, 2.24) is 15.1 Å². The van der Waals surface area contributed by atoms with Crippen molar-refractivity contribution < 1.29 is 0 Å². The van der Waals surface area contributed by atoms with E-state index < -0.39 is 0 Å². The van der Waals surface area contributed by atoms with Crippen LogP contribution < -0.4 is 5.32 Å². The fraction of sp³-hybridized carbons (Fsp3) is 0.562. The van der Waals surface area contributed by atoms with Crippen LogP contribution in [-0.2, 0) is 19.5 Å². The zero-order chi connectivity index (χ0) is 14.4. The van der Waals surface area contributed by atoms with Crippen LogP contribution in [0.4, 0.5) is 0 Å². The maximum Gasteiger partial charge on any atom is 0.0762 e. The quantitative estimate of drug-likeness (QED) is 0.791. The number of aromatic nitrogens is 2. The van der Waals surface area contributed by atoms with Crippen molar-refractivity contribution in [1.29, 1.82) is 0 Å². The van der Waals surface area contributed by atoms with Crippen LogP contribution >= 0.6 is 11.3 Å². The van der Waals surface area contributed by atoms with Crippen molar-refractivity contribution in [2.45, 2.75) is 59.2 Å². The molecule has 0 radical (unpaired) electrons. The van der Waals surface area contributed by atoms with E-state index in [1.165, 1.54) is 9.75 Å². The van der Waals surface area contributed by atoms with Gasteiger partial charge in [0.05, 0.1) is 11.7 Å². The summed E-state index contributed by atoms with van der Waals surface area (Å²) in [5, 5.41) is 8.14. The minimum absolute atomic E-state index is 0.535. The highest BCUT2D eigenvalue weighted by Gasteiger charge is 2.07. The van der Waals surface area contributed by atoms with Crippen LogP contribution in [-0.4, -0.2) is 9.78 Å². The monoisotopic (exact) mass is 291 g/mol. The smallest absolute Gasteiger partial charge is 0.0762 e. The van der Waals surface area contributed by atoms with Gasteiger partial charge in [0.15, 0.2) is 0 Å². The second kappa shape index (κ2) is 7.60. The number of hydrogen-bond donors (Lipinski definition) is 1. The highest BCUT2D eigenvalue weighted by atomic mass is 32.1. The Hall–Kier alpha value is -1.13. The van der Waals surface area contributed by atoms with E-state index in [-0.39, 0.29) is 0 Å². The van der Waals surface area contributed by atoms with E-state index in [1.807, 2.05) is 11.3 Å². The van der Waals surface area contributed by atoms with E-state index in [4.69, 9.17) is 0 Å². The normalized spacial score (nSPS) is 11.4. The SMILES string of the molecule is CCc1ccc(CNCc2ccn(C(CC)CC)n2)s1. The molecule has 0 atom stereocenters. The van der Waals surface area contributed by atoms with Gasteiger partial charge in [-0.05, 0) is 37.5 Å². The van der Waals surface area contributed by atoms with Gasteiger partial charge in [-0.3, -0.25) is 4.68 Å². The average Bonchev–Trinajstić information content (AvgIpc) is 3.10. The molecule has 0 bridgehead atoms. The molecular weight excluding hydrogens is 266 g/mol. The molecule has 3 nitrogen and oxygen atoms in total. The molecule has 4 heteroatoms. The molecule has 0 spiro atoms. The highest BCUT2D eigenvalue weighted by molar-refractivity contribution is 7.11. The summed E-state index contributed by atoms with van der Waals surface area (Å²) in [4.78, 5) is 2.86. The summed E-state index contributed by atoms with van der Waals surface area (Å²) >= 11 is 1.90. The first-order valence-electron chi connectivity index (χ1n) is 7.59. The molecule has 0 fully saturated rings. The van der Waals surface area contributed by atoms with Gasteiger partial charge in [-0.1, -0.05) is 20.8 Å². The van der Waals surface area contributed by atoms with E-state index in [1.54, 1.807) is 0 Å². The number of thiophene rings is 1. The van der Waals surface area contributed by atoms with E-state index in [0.717, 1.165) is 38.0 Å². The van der Waals surface area contributed by atoms with E-state index >= 15 is 0 Å². The first-order valence-corrected chi connectivity index (χ1v) is 8.40. The van der Waals surface area contributed by atoms with Crippen LogP contribution in [0.5, 0.6) is 0 Å². The summed E-state index contributed by atoms with van der Waals surface area (Å²) < 4.78 is 2.11. The lowest BCUT2D eigenvalue weighted by Gasteiger charge is -2.12. The van der Waals surface area contributed by atoms with E-state index in [0.29, 0.717) is 6.04 Å². The summed E-state index contributed by atoms with van der Waals surface area (Å²) in [6.07, 6.45) is 5.51. The zero-order valence-corrected chi connectivity index (χ0v) is 13.5. The molecule has 2 heterocycles. The minimum atomic E-state index is 0.535. The van der Waals surface area contributed by atoms with Gasteiger partial charge < -0.3 is 5.32 Å². The lowest BCUT2D eigenvalue weighted by atomic mass is 10.2. The Bertz CT molecular complexity index is 511. The van der Waals surface area contributed by atoms with E-state index in [2.05, 4.69) is 60.3 Å². The van der Waals surface area contributed by atoms with Gasteiger partial charge in [0.25, 0.3) is 0 Å². The van der Waals surface area contributed by atoms with Crippen LogP contribution in [0, 0.1) is 0 Å². The molecule has 110 valence electrons. The fourth-order valence-corrected chi connectivity index (χ4v) is 3.29. The van der Waals surface area contributed by atoms with Gasteiger partial charge in [0.2, 0.25) is 0 Å². The van der Waals surface area contributed by atoms with Crippen LogP contribution in [0.1, 0.15) is 55.1 Å². The molecule has 0 amide bonds. The lowest BCUT2D eigenvalue weighted by Crippen LogP contribution is -2.13. The Morgan fingerprint density at radius 3 is 2.50 bits per heavy atom. The third kappa shape index (κ3) is 3.93. The number of nitrogens with zero attached hydrogens (tertiary/aromatic N) is 2. The van der Waals surface area contributed by atoms with Gasteiger partial charge in [-0.25, -0.2) is 0 Å². The van der Waals surface area contributed by atoms with Crippen molar-refractivity contribution >= 4 is 11.3 Å². The van der Waals surface area contributed by atoms with Crippen LogP contribution in [0.3, 0.4) is 0 Å². The first-order chi connectivity index (χ1) is 9.76. The molecule has 0 aliphatic heterocycles. The summed E-state index contributed by atoms with van der Waals surface area (Å²) in [5.74, 6) is 0. The number of nitrogens with one attached hydrogen (secondary N) is 1. The van der Waals surface area contributed by atoms with E-state index in [9.17, 15) is 0 Å². The third-order valence-electron chi connectivity index (χ3n) is 3.65. The Labute approximate surface area is 126 Å².